The van der Waals surface area contributed by atoms with Gasteiger partial charge in [-0.1, -0.05) is 345 Å². The largest absolute Gasteiger partial charge is 0.462 e. The molecule has 0 rings (SSSR count). The average Bonchev–Trinajstić information content (AvgIpc) is 3.45. The third-order valence-electron chi connectivity index (χ3n) is 15.5. The SMILES string of the molecule is CC/C=C\C/C=C\C/C=C\C/C=C\C/C=C\CCCCCCCCCCCC(=O)OCC(COC(=O)CCCCCCCCCCCCCC)OC(=O)CCCCCCCCCCCCCCCCCCCCCCCCCC. The molecule has 0 amide bonds. The molecule has 0 fully saturated rings. The lowest BCUT2D eigenvalue weighted by molar-refractivity contribution is -0.167. The van der Waals surface area contributed by atoms with Gasteiger partial charge in [-0.15, -0.1) is 0 Å². The standard InChI is InChI=1S/C73H132O6/c1-4-7-10-13-16-19-22-25-27-29-31-33-35-37-39-40-42-44-46-48-51-54-57-60-63-66-72(75)78-69-70(68-77-71(74)65-62-59-56-53-50-24-21-18-15-12-9-6-3)79-73(76)67-64-61-58-55-52-49-47-45-43-41-38-36-34-32-30-28-26-23-20-17-14-11-8-5-2/h7,10,16,19,25,27,31,33,37,39,70H,4-6,8-9,11-15,17-18,20-24,26,28-30,32,34-36,38,40-69H2,1-3H3/b10-7-,19-16-,27-25-,33-31-,39-37-. The first-order chi connectivity index (χ1) is 39.0. The van der Waals surface area contributed by atoms with E-state index >= 15 is 0 Å². The first-order valence-electron chi connectivity index (χ1n) is 34.8. The number of carbonyl (C=O) groups is 3. The minimum atomic E-state index is -0.774. The number of esters is 3. The number of unbranched alkanes of at least 4 members (excludes halogenated alkanes) is 43. The molecule has 0 aromatic heterocycles. The van der Waals surface area contributed by atoms with Gasteiger partial charge in [0.25, 0.3) is 0 Å². The van der Waals surface area contributed by atoms with Gasteiger partial charge < -0.3 is 14.2 Å². The zero-order chi connectivity index (χ0) is 57.1. The van der Waals surface area contributed by atoms with E-state index in [1.807, 2.05) is 0 Å². The highest BCUT2D eigenvalue weighted by atomic mass is 16.6. The van der Waals surface area contributed by atoms with Crippen molar-refractivity contribution in [2.75, 3.05) is 13.2 Å². The van der Waals surface area contributed by atoms with Crippen LogP contribution < -0.4 is 0 Å². The van der Waals surface area contributed by atoms with Crippen LogP contribution >= 0.6 is 0 Å². The molecular weight excluding hydrogens is 973 g/mol. The maximum atomic E-state index is 12.9. The molecule has 6 heteroatoms. The Hall–Kier alpha value is -2.89. The third-order valence-corrected chi connectivity index (χ3v) is 15.5. The van der Waals surface area contributed by atoms with Gasteiger partial charge in [0, 0.05) is 19.3 Å². The molecule has 1 unspecified atom stereocenters. The van der Waals surface area contributed by atoms with Crippen LogP contribution in [-0.4, -0.2) is 37.2 Å². The fourth-order valence-corrected chi connectivity index (χ4v) is 10.4. The number of allylic oxidation sites excluding steroid dienone is 10. The van der Waals surface area contributed by atoms with E-state index in [0.29, 0.717) is 19.3 Å². The minimum absolute atomic E-state index is 0.0705. The van der Waals surface area contributed by atoms with E-state index < -0.39 is 6.10 Å². The Labute approximate surface area is 491 Å². The molecule has 0 aliphatic carbocycles. The molecule has 0 aromatic carbocycles. The quantitative estimate of drug-likeness (QED) is 0.0261. The van der Waals surface area contributed by atoms with Crippen molar-refractivity contribution in [2.45, 2.75) is 374 Å². The van der Waals surface area contributed by atoms with Crippen LogP contribution in [0.5, 0.6) is 0 Å². The Balaban J connectivity index is 4.24. The summed E-state index contributed by atoms with van der Waals surface area (Å²) in [5.41, 5.74) is 0. The van der Waals surface area contributed by atoms with Gasteiger partial charge in [0.1, 0.15) is 13.2 Å². The molecule has 0 aliphatic rings. The van der Waals surface area contributed by atoms with Crippen molar-refractivity contribution >= 4 is 17.9 Å². The van der Waals surface area contributed by atoms with Crippen molar-refractivity contribution in [1.82, 2.24) is 0 Å². The van der Waals surface area contributed by atoms with Crippen LogP contribution in [0, 0.1) is 0 Å². The Morgan fingerprint density at radius 1 is 0.266 bits per heavy atom. The molecule has 460 valence electrons. The Kier molecular flexibility index (Phi) is 65.1. The second-order valence-corrected chi connectivity index (χ2v) is 23.4. The zero-order valence-electron chi connectivity index (χ0n) is 52.9. The lowest BCUT2D eigenvalue weighted by atomic mass is 10.0. The van der Waals surface area contributed by atoms with Crippen LogP contribution in [0.4, 0.5) is 0 Å². The summed E-state index contributed by atoms with van der Waals surface area (Å²) in [5, 5.41) is 0. The van der Waals surface area contributed by atoms with Gasteiger partial charge in [-0.2, -0.15) is 0 Å². The molecule has 0 aliphatic heterocycles. The fourth-order valence-electron chi connectivity index (χ4n) is 10.4. The molecule has 0 spiro atoms. The second-order valence-electron chi connectivity index (χ2n) is 23.4. The Bertz CT molecular complexity index is 1410. The van der Waals surface area contributed by atoms with Crippen LogP contribution in [0.3, 0.4) is 0 Å². The first kappa shape index (κ1) is 76.1. The molecule has 79 heavy (non-hydrogen) atoms. The number of hydrogen-bond acceptors (Lipinski definition) is 6. The fraction of sp³-hybridized carbons (Fsp3) is 0.822. The van der Waals surface area contributed by atoms with Crippen LogP contribution in [0.25, 0.3) is 0 Å². The highest BCUT2D eigenvalue weighted by Crippen LogP contribution is 2.18. The lowest BCUT2D eigenvalue weighted by Gasteiger charge is -2.18. The monoisotopic (exact) mass is 1110 g/mol. The van der Waals surface area contributed by atoms with E-state index in [1.54, 1.807) is 0 Å². The molecule has 0 bridgehead atoms. The van der Waals surface area contributed by atoms with Gasteiger partial charge >= 0.3 is 17.9 Å². The van der Waals surface area contributed by atoms with Crippen molar-refractivity contribution in [2.24, 2.45) is 0 Å². The molecule has 0 saturated carbocycles. The van der Waals surface area contributed by atoms with Crippen LogP contribution in [0.2, 0.25) is 0 Å². The molecule has 0 heterocycles. The summed E-state index contributed by atoms with van der Waals surface area (Å²) in [6.07, 6.45) is 86.7. The highest BCUT2D eigenvalue weighted by molar-refractivity contribution is 5.71. The number of carbonyl (C=O) groups excluding carboxylic acids is 3. The van der Waals surface area contributed by atoms with E-state index in [-0.39, 0.29) is 31.1 Å². The average molecular weight is 1110 g/mol. The highest BCUT2D eigenvalue weighted by Gasteiger charge is 2.19. The minimum Gasteiger partial charge on any atom is -0.462 e. The van der Waals surface area contributed by atoms with E-state index in [0.717, 1.165) is 96.3 Å². The van der Waals surface area contributed by atoms with E-state index in [2.05, 4.69) is 81.5 Å². The molecule has 1 atom stereocenters. The number of hydrogen-bond donors (Lipinski definition) is 0. The van der Waals surface area contributed by atoms with Crippen molar-refractivity contribution in [3.8, 4) is 0 Å². The smallest absolute Gasteiger partial charge is 0.306 e. The van der Waals surface area contributed by atoms with Crippen molar-refractivity contribution in [3.05, 3.63) is 60.8 Å². The topological polar surface area (TPSA) is 78.9 Å². The van der Waals surface area contributed by atoms with Crippen molar-refractivity contribution in [1.29, 1.82) is 0 Å². The van der Waals surface area contributed by atoms with Gasteiger partial charge in [0.2, 0.25) is 0 Å². The van der Waals surface area contributed by atoms with E-state index in [1.165, 1.54) is 231 Å². The molecule has 6 nitrogen and oxygen atoms in total. The second kappa shape index (κ2) is 67.6. The molecule has 0 N–H and O–H groups in total. The number of rotatable bonds is 64. The predicted octanol–water partition coefficient (Wildman–Crippen LogP) is 23.9. The first-order valence-corrected chi connectivity index (χ1v) is 34.8. The van der Waals surface area contributed by atoms with Crippen LogP contribution in [-0.2, 0) is 28.6 Å². The zero-order valence-corrected chi connectivity index (χ0v) is 52.9. The Morgan fingerprint density at radius 3 is 0.772 bits per heavy atom. The maximum absolute atomic E-state index is 12.9. The van der Waals surface area contributed by atoms with Crippen molar-refractivity contribution < 1.29 is 28.6 Å². The summed E-state index contributed by atoms with van der Waals surface area (Å²) in [7, 11) is 0. The molecule has 0 saturated heterocycles. The van der Waals surface area contributed by atoms with Gasteiger partial charge in [0.15, 0.2) is 6.10 Å². The van der Waals surface area contributed by atoms with E-state index in [9.17, 15) is 14.4 Å². The summed E-state index contributed by atoms with van der Waals surface area (Å²) in [6, 6.07) is 0. The van der Waals surface area contributed by atoms with Crippen molar-refractivity contribution in [3.63, 3.8) is 0 Å². The normalized spacial score (nSPS) is 12.4. The summed E-state index contributed by atoms with van der Waals surface area (Å²) in [4.78, 5) is 38.4. The molecular formula is C73H132O6. The van der Waals surface area contributed by atoms with Gasteiger partial charge in [0.05, 0.1) is 0 Å². The summed E-state index contributed by atoms with van der Waals surface area (Å²) in [6.45, 7) is 6.58. The van der Waals surface area contributed by atoms with Crippen LogP contribution in [0.1, 0.15) is 367 Å². The summed E-state index contributed by atoms with van der Waals surface area (Å²) >= 11 is 0. The number of ether oxygens (including phenoxy) is 3. The predicted molar refractivity (Wildman–Crippen MR) is 344 cm³/mol. The summed E-state index contributed by atoms with van der Waals surface area (Å²) in [5.74, 6) is -0.852. The third kappa shape index (κ3) is 65.8. The Morgan fingerprint density at radius 2 is 0.494 bits per heavy atom. The van der Waals surface area contributed by atoms with Gasteiger partial charge in [-0.25, -0.2) is 0 Å². The maximum Gasteiger partial charge on any atom is 0.306 e. The summed E-state index contributed by atoms with van der Waals surface area (Å²) < 4.78 is 17.0. The van der Waals surface area contributed by atoms with E-state index in [4.69, 9.17) is 14.2 Å². The van der Waals surface area contributed by atoms with Crippen LogP contribution in [0.15, 0.2) is 60.8 Å². The molecule has 0 radical (unpaired) electrons. The molecule has 0 aromatic rings. The van der Waals surface area contributed by atoms with Gasteiger partial charge in [-0.3, -0.25) is 14.4 Å². The van der Waals surface area contributed by atoms with Gasteiger partial charge in [-0.05, 0) is 64.2 Å². The lowest BCUT2D eigenvalue weighted by Crippen LogP contribution is -2.30.